The van der Waals surface area contributed by atoms with Gasteiger partial charge in [-0.1, -0.05) is 6.92 Å². The number of carbonyl (C=O) groups excluding carboxylic acids is 1. The molecule has 1 rings (SSSR count). The Morgan fingerprint density at radius 2 is 2.11 bits per heavy atom. The Hall–Kier alpha value is -1.36. The van der Waals surface area contributed by atoms with Gasteiger partial charge in [0, 0.05) is 18.3 Å². The largest absolute Gasteiger partial charge is 0.350 e. The van der Waals surface area contributed by atoms with E-state index in [1.54, 1.807) is 6.20 Å². The van der Waals surface area contributed by atoms with E-state index >= 15 is 0 Å². The highest BCUT2D eigenvalue weighted by atomic mass is 16.1. The van der Waals surface area contributed by atoms with Crippen molar-refractivity contribution < 1.29 is 4.79 Å². The molecule has 0 fully saturated rings. The van der Waals surface area contributed by atoms with Gasteiger partial charge in [-0.05, 0) is 41.2 Å². The van der Waals surface area contributed by atoms with Crippen LogP contribution < -0.4 is 10.6 Å². The van der Waals surface area contributed by atoms with Gasteiger partial charge in [0.25, 0.3) is 5.91 Å². The second-order valence-corrected chi connectivity index (χ2v) is 5.90. The van der Waals surface area contributed by atoms with Crippen LogP contribution in [-0.4, -0.2) is 34.8 Å². The molecule has 1 aromatic rings. The molecule has 19 heavy (non-hydrogen) atoms. The molecule has 5 heteroatoms. The molecule has 2 N–H and O–H groups in total. The summed E-state index contributed by atoms with van der Waals surface area (Å²) in [5.74, 6) is -0.0576. The maximum Gasteiger partial charge on any atom is 0.254 e. The summed E-state index contributed by atoms with van der Waals surface area (Å²) < 4.78 is 1.88. The van der Waals surface area contributed by atoms with E-state index in [1.807, 2.05) is 11.6 Å². The van der Waals surface area contributed by atoms with E-state index in [2.05, 4.69) is 50.4 Å². The maximum absolute atomic E-state index is 12.1. The minimum Gasteiger partial charge on any atom is -0.350 e. The zero-order valence-corrected chi connectivity index (χ0v) is 12.9. The van der Waals surface area contributed by atoms with Gasteiger partial charge < -0.3 is 10.6 Å². The topological polar surface area (TPSA) is 58.9 Å². The summed E-state index contributed by atoms with van der Waals surface area (Å²) in [6, 6.07) is 0.270. The molecule has 0 saturated carbocycles. The Bertz CT molecular complexity index is 431. The minimum absolute atomic E-state index is 0.0576. The van der Waals surface area contributed by atoms with Crippen molar-refractivity contribution in [2.24, 2.45) is 0 Å². The lowest BCUT2D eigenvalue weighted by atomic mass is 10.1. The second-order valence-electron chi connectivity index (χ2n) is 5.90. The van der Waals surface area contributed by atoms with Crippen LogP contribution in [0.5, 0.6) is 0 Å². The van der Waals surface area contributed by atoms with Gasteiger partial charge in [-0.2, -0.15) is 5.10 Å². The lowest BCUT2D eigenvalue weighted by Crippen LogP contribution is -2.39. The first-order chi connectivity index (χ1) is 8.77. The number of nitrogens with zero attached hydrogens (tertiary/aromatic N) is 2. The van der Waals surface area contributed by atoms with Gasteiger partial charge in [0.1, 0.15) is 0 Å². The van der Waals surface area contributed by atoms with Gasteiger partial charge in [-0.25, -0.2) is 0 Å². The van der Waals surface area contributed by atoms with Gasteiger partial charge in [0.15, 0.2) is 0 Å². The first-order valence-electron chi connectivity index (χ1n) is 6.84. The lowest BCUT2D eigenvalue weighted by molar-refractivity contribution is 0.0949. The van der Waals surface area contributed by atoms with Crippen LogP contribution in [0, 0.1) is 6.92 Å². The Balaban J connectivity index is 2.71. The van der Waals surface area contributed by atoms with E-state index in [0.29, 0.717) is 12.1 Å². The third-order valence-corrected chi connectivity index (χ3v) is 3.01. The summed E-state index contributed by atoms with van der Waals surface area (Å²) in [6.07, 6.45) is 1.65. The highest BCUT2D eigenvalue weighted by Crippen LogP contribution is 2.18. The predicted molar refractivity (Wildman–Crippen MR) is 77.4 cm³/mol. The molecule has 0 unspecified atom stereocenters. The summed E-state index contributed by atoms with van der Waals surface area (Å²) in [5, 5.41) is 10.5. The van der Waals surface area contributed by atoms with Crippen molar-refractivity contribution >= 4 is 5.91 Å². The Kier molecular flexibility index (Phi) is 5.11. The average molecular weight is 266 g/mol. The highest BCUT2D eigenvalue weighted by Gasteiger charge is 2.21. The van der Waals surface area contributed by atoms with E-state index in [0.717, 1.165) is 12.2 Å². The number of amides is 1. The lowest BCUT2D eigenvalue weighted by Gasteiger charge is -2.21. The van der Waals surface area contributed by atoms with E-state index in [1.165, 1.54) is 0 Å². The number of carbonyl (C=O) groups is 1. The summed E-state index contributed by atoms with van der Waals surface area (Å²) in [5.41, 5.74) is 1.44. The molecule has 5 nitrogen and oxygen atoms in total. The van der Waals surface area contributed by atoms with E-state index in [-0.39, 0.29) is 17.5 Å². The van der Waals surface area contributed by atoms with Crippen LogP contribution in [0.1, 0.15) is 50.7 Å². The quantitative estimate of drug-likeness (QED) is 0.852. The molecule has 0 aliphatic carbocycles. The highest BCUT2D eigenvalue weighted by molar-refractivity contribution is 5.95. The van der Waals surface area contributed by atoms with Gasteiger partial charge in [0.05, 0.1) is 17.3 Å². The van der Waals surface area contributed by atoms with Gasteiger partial charge >= 0.3 is 0 Å². The number of hydrogen-bond acceptors (Lipinski definition) is 3. The number of aromatic nitrogens is 2. The molecular weight excluding hydrogens is 240 g/mol. The molecule has 0 aliphatic heterocycles. The molecule has 0 aliphatic rings. The molecular formula is C14H26N4O. The van der Waals surface area contributed by atoms with Gasteiger partial charge in [0.2, 0.25) is 0 Å². The molecule has 1 amide bonds. The van der Waals surface area contributed by atoms with Gasteiger partial charge in [-0.15, -0.1) is 0 Å². The van der Waals surface area contributed by atoms with Crippen molar-refractivity contribution in [2.45, 2.75) is 53.1 Å². The summed E-state index contributed by atoms with van der Waals surface area (Å²) in [7, 11) is 0. The molecule has 0 bridgehead atoms. The third kappa shape index (κ3) is 4.06. The molecule has 1 heterocycles. The summed E-state index contributed by atoms with van der Waals surface area (Å²) >= 11 is 0. The van der Waals surface area contributed by atoms with Crippen LogP contribution in [0.25, 0.3) is 0 Å². The van der Waals surface area contributed by atoms with Crippen molar-refractivity contribution in [3.63, 3.8) is 0 Å². The van der Waals surface area contributed by atoms with Crippen LogP contribution in [0.15, 0.2) is 6.20 Å². The van der Waals surface area contributed by atoms with Crippen LogP contribution in [0.3, 0.4) is 0 Å². The third-order valence-electron chi connectivity index (χ3n) is 3.01. The molecule has 0 radical (unpaired) electrons. The number of hydrogen-bond donors (Lipinski definition) is 2. The zero-order chi connectivity index (χ0) is 14.6. The first kappa shape index (κ1) is 15.7. The fraction of sp³-hybridized carbons (Fsp3) is 0.714. The molecule has 1 aromatic heterocycles. The van der Waals surface area contributed by atoms with Gasteiger partial charge in [-0.3, -0.25) is 9.48 Å². The van der Waals surface area contributed by atoms with E-state index in [9.17, 15) is 4.79 Å². The Morgan fingerprint density at radius 3 is 2.58 bits per heavy atom. The van der Waals surface area contributed by atoms with Crippen LogP contribution in [0.2, 0.25) is 0 Å². The molecule has 0 spiro atoms. The van der Waals surface area contributed by atoms with Crippen LogP contribution in [0.4, 0.5) is 0 Å². The molecule has 0 saturated heterocycles. The number of likely N-dealkylation sites (N-methyl/N-ethyl adjacent to an activating group) is 1. The maximum atomic E-state index is 12.1. The Morgan fingerprint density at radius 1 is 1.47 bits per heavy atom. The monoisotopic (exact) mass is 266 g/mol. The molecule has 108 valence electrons. The van der Waals surface area contributed by atoms with E-state index < -0.39 is 0 Å². The fourth-order valence-corrected chi connectivity index (χ4v) is 2.07. The number of rotatable bonds is 5. The molecule has 0 aromatic carbocycles. The normalized spacial score (nSPS) is 13.4. The summed E-state index contributed by atoms with van der Waals surface area (Å²) in [4.78, 5) is 12.1. The predicted octanol–water partition coefficient (Wildman–Crippen LogP) is 1.67. The Labute approximate surface area is 115 Å². The fourth-order valence-electron chi connectivity index (χ4n) is 2.07. The van der Waals surface area contributed by atoms with Crippen LogP contribution >= 0.6 is 0 Å². The van der Waals surface area contributed by atoms with Crippen molar-refractivity contribution in [3.8, 4) is 0 Å². The van der Waals surface area contributed by atoms with Crippen molar-refractivity contribution in [3.05, 3.63) is 17.5 Å². The summed E-state index contributed by atoms with van der Waals surface area (Å²) in [6.45, 7) is 13.8. The van der Waals surface area contributed by atoms with Crippen molar-refractivity contribution in [2.75, 3.05) is 13.1 Å². The standard InChI is InChI=1S/C14H26N4O/c1-7-15-10(2)8-16-13(19)12-9-17-18(11(12)3)14(4,5)6/h9-10,15H,7-8H2,1-6H3,(H,16,19)/t10-/m1/s1. The first-order valence-corrected chi connectivity index (χ1v) is 6.84. The van der Waals surface area contributed by atoms with Crippen LogP contribution in [-0.2, 0) is 5.54 Å². The second kappa shape index (κ2) is 6.19. The van der Waals surface area contributed by atoms with E-state index in [4.69, 9.17) is 0 Å². The zero-order valence-electron chi connectivity index (χ0n) is 12.9. The van der Waals surface area contributed by atoms with Crippen molar-refractivity contribution in [1.29, 1.82) is 0 Å². The molecule has 1 atom stereocenters. The SMILES string of the molecule is CCN[C@H](C)CNC(=O)c1cnn(C(C)(C)C)c1C. The number of nitrogens with one attached hydrogen (secondary N) is 2. The minimum atomic E-state index is -0.111. The van der Waals surface area contributed by atoms with Crippen molar-refractivity contribution in [1.82, 2.24) is 20.4 Å². The average Bonchev–Trinajstić information content (AvgIpc) is 2.68. The smallest absolute Gasteiger partial charge is 0.254 e.